The molecule has 0 saturated heterocycles. The van der Waals surface area contributed by atoms with Gasteiger partial charge in [-0.1, -0.05) is 26.0 Å². The molecule has 0 fully saturated rings. The molecule has 0 spiro atoms. The summed E-state index contributed by atoms with van der Waals surface area (Å²) in [6, 6.07) is 8.50. The molecule has 25 heavy (non-hydrogen) atoms. The van der Waals surface area contributed by atoms with Gasteiger partial charge in [0.1, 0.15) is 5.75 Å². The summed E-state index contributed by atoms with van der Waals surface area (Å²) in [5, 5.41) is 17.3. The van der Waals surface area contributed by atoms with Gasteiger partial charge in [0.25, 0.3) is 0 Å². The van der Waals surface area contributed by atoms with Crippen LogP contribution in [0.25, 0.3) is 0 Å². The number of aliphatic hydroxyl groups is 1. The van der Waals surface area contributed by atoms with E-state index in [0.717, 1.165) is 23.7 Å². The summed E-state index contributed by atoms with van der Waals surface area (Å²) in [5.74, 6) is 1.34. The number of nitrogens with one attached hydrogen (secondary N) is 1. The van der Waals surface area contributed by atoms with Crippen LogP contribution < -0.4 is 10.1 Å². The first-order valence-corrected chi connectivity index (χ1v) is 8.49. The van der Waals surface area contributed by atoms with Crippen molar-refractivity contribution in [1.29, 1.82) is 0 Å². The molecule has 0 amide bonds. The van der Waals surface area contributed by atoms with Crippen LogP contribution in [0.15, 0.2) is 24.3 Å². The van der Waals surface area contributed by atoms with Crippen LogP contribution in [0.1, 0.15) is 42.4 Å². The number of hydrogen-bond donors (Lipinski definition) is 2. The second-order valence-corrected chi connectivity index (χ2v) is 6.47. The third-order valence-electron chi connectivity index (χ3n) is 4.48. The third-order valence-corrected chi connectivity index (χ3v) is 4.48. The first kappa shape index (κ1) is 21.5. The lowest BCUT2D eigenvalue weighted by Gasteiger charge is -2.23. The SMILES string of the molecule is COc1ccc(C(NCc2c(C)nn(CCO)c2C)C(C)C)cc1.Cl. The molecule has 0 bridgehead atoms. The molecule has 2 N–H and O–H groups in total. The standard InChI is InChI=1S/C19H29N3O2.ClH/c1-13(2)19(16-6-8-17(24-5)9-7-16)20-12-18-14(3)21-22(10-11-23)15(18)4;/h6-9,13,19-20,23H,10-12H2,1-5H3;1H. The van der Waals surface area contributed by atoms with Gasteiger partial charge in [0.15, 0.2) is 0 Å². The minimum absolute atomic E-state index is 0. The maximum absolute atomic E-state index is 9.14. The Balaban J connectivity index is 0.00000312. The van der Waals surface area contributed by atoms with E-state index in [9.17, 15) is 0 Å². The molecular weight excluding hydrogens is 338 g/mol. The van der Waals surface area contributed by atoms with E-state index in [1.807, 2.05) is 23.7 Å². The summed E-state index contributed by atoms with van der Waals surface area (Å²) in [4.78, 5) is 0. The van der Waals surface area contributed by atoms with E-state index < -0.39 is 0 Å². The highest BCUT2D eigenvalue weighted by Gasteiger charge is 2.18. The number of hydrogen-bond acceptors (Lipinski definition) is 4. The zero-order valence-electron chi connectivity index (χ0n) is 15.7. The number of aliphatic hydroxyl groups excluding tert-OH is 1. The maximum atomic E-state index is 9.14. The van der Waals surface area contributed by atoms with Gasteiger partial charge in [0, 0.05) is 23.8 Å². The van der Waals surface area contributed by atoms with Crippen LogP contribution in [-0.2, 0) is 13.1 Å². The van der Waals surface area contributed by atoms with Crippen LogP contribution in [0.4, 0.5) is 0 Å². The summed E-state index contributed by atoms with van der Waals surface area (Å²) < 4.78 is 7.12. The second kappa shape index (κ2) is 9.80. The molecule has 0 aliphatic carbocycles. The van der Waals surface area contributed by atoms with Gasteiger partial charge in [-0.15, -0.1) is 12.4 Å². The maximum Gasteiger partial charge on any atom is 0.118 e. The Bertz CT molecular complexity index is 653. The molecule has 1 aromatic carbocycles. The molecule has 1 aromatic heterocycles. The average molecular weight is 368 g/mol. The van der Waals surface area contributed by atoms with E-state index in [2.05, 4.69) is 43.3 Å². The van der Waals surface area contributed by atoms with Crippen molar-refractivity contribution in [2.24, 2.45) is 5.92 Å². The number of benzene rings is 1. The van der Waals surface area contributed by atoms with Crippen LogP contribution in [0.5, 0.6) is 5.75 Å². The Labute approximate surface area is 156 Å². The van der Waals surface area contributed by atoms with Crippen molar-refractivity contribution in [3.63, 3.8) is 0 Å². The molecule has 0 radical (unpaired) electrons. The lowest BCUT2D eigenvalue weighted by Crippen LogP contribution is -2.25. The van der Waals surface area contributed by atoms with E-state index in [1.54, 1.807) is 7.11 Å². The highest BCUT2D eigenvalue weighted by molar-refractivity contribution is 5.85. The van der Waals surface area contributed by atoms with Crippen LogP contribution >= 0.6 is 12.4 Å². The number of halogens is 1. The van der Waals surface area contributed by atoms with Gasteiger partial charge in [0.05, 0.1) is 26.0 Å². The molecule has 140 valence electrons. The Morgan fingerprint density at radius 3 is 2.36 bits per heavy atom. The molecule has 1 atom stereocenters. The normalized spacial score (nSPS) is 12.1. The predicted molar refractivity (Wildman–Crippen MR) is 103 cm³/mol. The van der Waals surface area contributed by atoms with Crippen molar-refractivity contribution in [2.45, 2.75) is 46.8 Å². The van der Waals surface area contributed by atoms with Crippen molar-refractivity contribution in [3.8, 4) is 5.75 Å². The molecule has 1 unspecified atom stereocenters. The van der Waals surface area contributed by atoms with Gasteiger partial charge in [-0.3, -0.25) is 4.68 Å². The lowest BCUT2D eigenvalue weighted by atomic mass is 9.95. The summed E-state index contributed by atoms with van der Waals surface area (Å²) in [7, 11) is 1.68. The molecule has 5 nitrogen and oxygen atoms in total. The molecule has 6 heteroatoms. The summed E-state index contributed by atoms with van der Waals surface area (Å²) in [5.41, 5.74) is 4.60. The fraction of sp³-hybridized carbons (Fsp3) is 0.526. The number of aryl methyl sites for hydroxylation is 1. The minimum atomic E-state index is 0. The molecule has 0 saturated carbocycles. The van der Waals surface area contributed by atoms with Gasteiger partial charge < -0.3 is 15.2 Å². The van der Waals surface area contributed by atoms with Crippen molar-refractivity contribution < 1.29 is 9.84 Å². The molecule has 0 aliphatic heterocycles. The van der Waals surface area contributed by atoms with E-state index in [1.165, 1.54) is 11.1 Å². The monoisotopic (exact) mass is 367 g/mol. The van der Waals surface area contributed by atoms with Crippen molar-refractivity contribution in [1.82, 2.24) is 15.1 Å². The van der Waals surface area contributed by atoms with Gasteiger partial charge in [-0.25, -0.2) is 0 Å². The summed E-state index contributed by atoms with van der Waals surface area (Å²) in [6.07, 6.45) is 0. The number of rotatable bonds is 8. The van der Waals surface area contributed by atoms with Crippen molar-refractivity contribution in [3.05, 3.63) is 46.8 Å². The molecule has 2 rings (SSSR count). The van der Waals surface area contributed by atoms with Crippen LogP contribution in [0, 0.1) is 19.8 Å². The Kier molecular flexibility index (Phi) is 8.42. The van der Waals surface area contributed by atoms with Gasteiger partial charge in [-0.2, -0.15) is 5.10 Å². The fourth-order valence-corrected chi connectivity index (χ4v) is 3.06. The van der Waals surface area contributed by atoms with E-state index in [0.29, 0.717) is 12.5 Å². The zero-order valence-corrected chi connectivity index (χ0v) is 16.6. The number of ether oxygens (including phenoxy) is 1. The van der Waals surface area contributed by atoms with E-state index >= 15 is 0 Å². The van der Waals surface area contributed by atoms with Crippen LogP contribution in [0.3, 0.4) is 0 Å². The van der Waals surface area contributed by atoms with Crippen molar-refractivity contribution in [2.75, 3.05) is 13.7 Å². The van der Waals surface area contributed by atoms with Gasteiger partial charge >= 0.3 is 0 Å². The molecular formula is C19H30ClN3O2. The van der Waals surface area contributed by atoms with Crippen molar-refractivity contribution >= 4 is 12.4 Å². The quantitative estimate of drug-likeness (QED) is 0.750. The summed E-state index contributed by atoms with van der Waals surface area (Å²) >= 11 is 0. The first-order valence-electron chi connectivity index (χ1n) is 8.49. The molecule has 1 heterocycles. The van der Waals surface area contributed by atoms with Crippen LogP contribution in [0.2, 0.25) is 0 Å². The summed E-state index contributed by atoms with van der Waals surface area (Å²) in [6.45, 7) is 9.93. The second-order valence-electron chi connectivity index (χ2n) is 6.47. The minimum Gasteiger partial charge on any atom is -0.497 e. The van der Waals surface area contributed by atoms with E-state index in [4.69, 9.17) is 9.84 Å². The highest BCUT2D eigenvalue weighted by atomic mass is 35.5. The number of methoxy groups -OCH3 is 1. The highest BCUT2D eigenvalue weighted by Crippen LogP contribution is 2.25. The number of aromatic nitrogens is 2. The smallest absolute Gasteiger partial charge is 0.118 e. The average Bonchev–Trinajstić information content (AvgIpc) is 2.83. The largest absolute Gasteiger partial charge is 0.497 e. The van der Waals surface area contributed by atoms with E-state index in [-0.39, 0.29) is 25.1 Å². The zero-order chi connectivity index (χ0) is 17.7. The number of nitrogens with zero attached hydrogens (tertiary/aromatic N) is 2. The Morgan fingerprint density at radius 1 is 1.20 bits per heavy atom. The van der Waals surface area contributed by atoms with Crippen LogP contribution in [-0.4, -0.2) is 28.6 Å². The molecule has 0 aliphatic rings. The van der Waals surface area contributed by atoms with Gasteiger partial charge in [0.2, 0.25) is 0 Å². The Morgan fingerprint density at radius 2 is 1.84 bits per heavy atom. The Hall–Kier alpha value is -1.56. The van der Waals surface area contributed by atoms with Gasteiger partial charge in [-0.05, 0) is 37.5 Å². The lowest BCUT2D eigenvalue weighted by molar-refractivity contribution is 0.267. The molecule has 2 aromatic rings. The topological polar surface area (TPSA) is 59.3 Å². The predicted octanol–water partition coefficient (Wildman–Crippen LogP) is 3.41. The third kappa shape index (κ3) is 5.21. The first-order chi connectivity index (χ1) is 11.5. The fourth-order valence-electron chi connectivity index (χ4n) is 3.06.